The van der Waals surface area contributed by atoms with E-state index in [-0.39, 0.29) is 69.2 Å². The van der Waals surface area contributed by atoms with Gasteiger partial charge < -0.3 is 29.9 Å². The third-order valence-electron chi connectivity index (χ3n) is 0. The van der Waals surface area contributed by atoms with Gasteiger partial charge in [-0.25, -0.2) is 0 Å². The zero-order valence-corrected chi connectivity index (χ0v) is 7.34. The summed E-state index contributed by atoms with van der Waals surface area (Å²) >= 11 is 0. The minimum Gasteiger partial charge on any atom is -1.00 e. The average molecular weight is 157 g/mol. The van der Waals surface area contributed by atoms with Gasteiger partial charge in [0.25, 0.3) is 0 Å². The van der Waals surface area contributed by atoms with Crippen LogP contribution in [0.3, 0.4) is 0 Å². The van der Waals surface area contributed by atoms with Crippen LogP contribution < -0.4 is 24.8 Å². The SMILES string of the molecule is CCO.[Ca+2].[Cl-].[Cl-]. The molecule has 0 fully saturated rings. The van der Waals surface area contributed by atoms with Crippen molar-refractivity contribution in [2.45, 2.75) is 6.92 Å². The molecule has 6 heavy (non-hydrogen) atoms. The second kappa shape index (κ2) is 29.2. The fourth-order valence-electron chi connectivity index (χ4n) is 0. The van der Waals surface area contributed by atoms with Gasteiger partial charge in [-0.2, -0.15) is 0 Å². The molecule has 4 heteroatoms. The van der Waals surface area contributed by atoms with E-state index < -0.39 is 0 Å². The molecule has 0 bridgehead atoms. The summed E-state index contributed by atoms with van der Waals surface area (Å²) in [5, 5.41) is 7.57. The molecule has 0 unspecified atom stereocenters. The Bertz CT molecular complexity index is 11.5. The molecule has 0 heterocycles. The van der Waals surface area contributed by atoms with E-state index >= 15 is 0 Å². The number of aliphatic hydroxyl groups excluding tert-OH is 1. The summed E-state index contributed by atoms with van der Waals surface area (Å²) in [7, 11) is 0. The molecule has 0 rings (SSSR count). The third-order valence-corrected chi connectivity index (χ3v) is 0. The van der Waals surface area contributed by atoms with Crippen molar-refractivity contribution in [1.29, 1.82) is 0 Å². The van der Waals surface area contributed by atoms with Gasteiger partial charge in [0.05, 0.1) is 0 Å². The van der Waals surface area contributed by atoms with Gasteiger partial charge in [-0.05, 0) is 6.92 Å². The summed E-state index contributed by atoms with van der Waals surface area (Å²) in [4.78, 5) is 0. The van der Waals surface area contributed by atoms with Crippen LogP contribution in [0.15, 0.2) is 0 Å². The van der Waals surface area contributed by atoms with Crippen molar-refractivity contribution in [3.8, 4) is 0 Å². The van der Waals surface area contributed by atoms with Crippen molar-refractivity contribution in [3.05, 3.63) is 0 Å². The molecule has 0 aromatic carbocycles. The summed E-state index contributed by atoms with van der Waals surface area (Å²) in [5.74, 6) is 0. The van der Waals surface area contributed by atoms with Crippen LogP contribution in [0.25, 0.3) is 0 Å². The second-order valence-electron chi connectivity index (χ2n) is 0.316. The predicted molar refractivity (Wildman–Crippen MR) is 18.5 cm³/mol. The number of hydrogen-bond donors (Lipinski definition) is 1. The van der Waals surface area contributed by atoms with Gasteiger partial charge in [0.15, 0.2) is 0 Å². The van der Waals surface area contributed by atoms with Crippen LogP contribution >= 0.6 is 0 Å². The predicted octanol–water partition coefficient (Wildman–Crippen LogP) is -6.37. The van der Waals surface area contributed by atoms with Gasteiger partial charge in [-0.3, -0.25) is 0 Å². The van der Waals surface area contributed by atoms with Gasteiger partial charge in [-0.15, -0.1) is 0 Å². The van der Waals surface area contributed by atoms with Gasteiger partial charge in [0.2, 0.25) is 0 Å². The summed E-state index contributed by atoms with van der Waals surface area (Å²) in [6.45, 7) is 1.93. The van der Waals surface area contributed by atoms with Gasteiger partial charge in [0.1, 0.15) is 0 Å². The van der Waals surface area contributed by atoms with Crippen molar-refractivity contribution in [1.82, 2.24) is 0 Å². The van der Waals surface area contributed by atoms with E-state index in [2.05, 4.69) is 0 Å². The van der Waals surface area contributed by atoms with Gasteiger partial charge in [0, 0.05) is 6.61 Å². The molecule has 0 aliphatic rings. The Hall–Kier alpha value is 1.80. The normalized spacial score (nSPS) is 3.00. The van der Waals surface area contributed by atoms with Crippen LogP contribution in [0.5, 0.6) is 0 Å². The van der Waals surface area contributed by atoms with Crippen molar-refractivity contribution in [2.75, 3.05) is 6.61 Å². The summed E-state index contributed by atoms with van der Waals surface area (Å²) in [6, 6.07) is 0. The topological polar surface area (TPSA) is 20.2 Å². The zero-order chi connectivity index (χ0) is 2.71. The maximum atomic E-state index is 7.57. The molecule has 0 aliphatic carbocycles. The first-order valence-corrected chi connectivity index (χ1v) is 1.02. The first kappa shape index (κ1) is 25.0. The molecule has 36 valence electrons. The minimum atomic E-state index is 0. The smallest absolute Gasteiger partial charge is 1.00 e. The van der Waals surface area contributed by atoms with Crippen molar-refractivity contribution in [2.24, 2.45) is 0 Å². The molecule has 1 N–H and O–H groups in total. The second-order valence-corrected chi connectivity index (χ2v) is 0.316. The monoisotopic (exact) mass is 156 g/mol. The molecule has 0 aromatic heterocycles. The number of aliphatic hydroxyl groups is 1. The molecule has 0 aromatic rings. The van der Waals surface area contributed by atoms with Crippen LogP contribution in [0, 0.1) is 0 Å². The Morgan fingerprint density at radius 2 is 1.33 bits per heavy atom. The Morgan fingerprint density at radius 1 is 1.33 bits per heavy atom. The van der Waals surface area contributed by atoms with E-state index in [4.69, 9.17) is 5.11 Å². The Balaban J connectivity index is -0.00000000667. The van der Waals surface area contributed by atoms with Crippen LogP contribution in [0.1, 0.15) is 6.92 Å². The third kappa shape index (κ3) is 41.3. The van der Waals surface area contributed by atoms with Gasteiger partial charge >= 0.3 is 37.7 Å². The van der Waals surface area contributed by atoms with Crippen molar-refractivity contribution < 1.29 is 29.9 Å². The van der Waals surface area contributed by atoms with E-state index in [1.165, 1.54) is 0 Å². The first-order chi connectivity index (χ1) is 1.41. The maximum Gasteiger partial charge on any atom is 2.00 e. The van der Waals surface area contributed by atoms with E-state index in [0.29, 0.717) is 0 Å². The quantitative estimate of drug-likeness (QED) is 0.347. The summed E-state index contributed by atoms with van der Waals surface area (Å²) in [6.07, 6.45) is 0. The molecule has 0 spiro atoms. The Labute approximate surface area is 80.3 Å². The molecular formula is C2H6CaCl2O. The largest absolute Gasteiger partial charge is 2.00 e. The van der Waals surface area contributed by atoms with Crippen molar-refractivity contribution in [3.63, 3.8) is 0 Å². The molecule has 0 amide bonds. The molecule has 0 radical (unpaired) electrons. The number of rotatable bonds is 0. The number of halogens is 2. The Morgan fingerprint density at radius 3 is 1.33 bits per heavy atom. The number of hydrogen-bond acceptors (Lipinski definition) is 1. The molecule has 0 saturated heterocycles. The van der Waals surface area contributed by atoms with Gasteiger partial charge in [-0.1, -0.05) is 0 Å². The minimum absolute atomic E-state index is 0. The molecule has 1 nitrogen and oxygen atoms in total. The molecule has 0 atom stereocenters. The van der Waals surface area contributed by atoms with Crippen LogP contribution in [0.2, 0.25) is 0 Å². The van der Waals surface area contributed by atoms with E-state index in [9.17, 15) is 0 Å². The fourth-order valence-corrected chi connectivity index (χ4v) is 0. The summed E-state index contributed by atoms with van der Waals surface area (Å²) in [5.41, 5.74) is 0. The molecule has 0 saturated carbocycles. The van der Waals surface area contributed by atoms with Crippen LogP contribution in [0.4, 0.5) is 0 Å². The van der Waals surface area contributed by atoms with E-state index in [1.54, 1.807) is 6.92 Å². The zero-order valence-electron chi connectivity index (χ0n) is 3.62. The van der Waals surface area contributed by atoms with Crippen LogP contribution in [-0.2, 0) is 0 Å². The van der Waals surface area contributed by atoms with Crippen LogP contribution in [-0.4, -0.2) is 49.5 Å². The fraction of sp³-hybridized carbons (Fsp3) is 1.00. The van der Waals surface area contributed by atoms with E-state index in [1.807, 2.05) is 0 Å². The molecule has 0 aliphatic heterocycles. The molecular weight excluding hydrogens is 151 g/mol. The van der Waals surface area contributed by atoms with E-state index in [0.717, 1.165) is 0 Å². The maximum absolute atomic E-state index is 7.57. The first-order valence-electron chi connectivity index (χ1n) is 1.02. The Kier molecular flexibility index (Phi) is 121. The summed E-state index contributed by atoms with van der Waals surface area (Å²) < 4.78 is 0. The van der Waals surface area contributed by atoms with Crippen molar-refractivity contribution >= 4 is 37.7 Å². The standard InChI is InChI=1S/C2H6O.Ca.2ClH/c1-2-3;;;/h3H,2H2,1H3;;2*1H/q;+2;;/p-2. The average Bonchev–Trinajstić information content (AvgIpc) is 0.918.